The maximum absolute atomic E-state index is 10.8. The van der Waals surface area contributed by atoms with E-state index in [1.165, 1.54) is 0 Å². The molecule has 1 unspecified atom stereocenters. The van der Waals surface area contributed by atoms with E-state index in [4.69, 9.17) is 9.84 Å². The molecule has 0 aliphatic rings. The highest BCUT2D eigenvalue weighted by Crippen LogP contribution is 2.03. The Hall–Kier alpha value is -1.87. The summed E-state index contributed by atoms with van der Waals surface area (Å²) in [6.07, 6.45) is 29.9. The summed E-state index contributed by atoms with van der Waals surface area (Å²) in [5.74, 6) is -0.865. The summed E-state index contributed by atoms with van der Waals surface area (Å²) >= 11 is 0. The molecule has 0 aromatic rings. The lowest BCUT2D eigenvalue weighted by Gasteiger charge is -2.10. The normalized spacial score (nSPS) is 13.9. The second-order valence-electron chi connectivity index (χ2n) is 6.31. The third-order valence-corrected chi connectivity index (χ3v) is 3.89. The van der Waals surface area contributed by atoms with Gasteiger partial charge in [-0.25, -0.2) is 4.79 Å². The summed E-state index contributed by atoms with van der Waals surface area (Å²) in [5, 5.41) is 8.87. The van der Waals surface area contributed by atoms with Crippen LogP contribution in [0.25, 0.3) is 0 Å². The van der Waals surface area contributed by atoms with Gasteiger partial charge in [0.15, 0.2) is 6.10 Å². The van der Waals surface area contributed by atoms with Gasteiger partial charge in [-0.2, -0.15) is 0 Å². The predicted octanol–water partition coefficient (Wildman–Crippen LogP) is 6.79. The number of hydrogen-bond donors (Lipinski definition) is 1. The van der Waals surface area contributed by atoms with Gasteiger partial charge in [0.05, 0.1) is 0 Å². The third-order valence-electron chi connectivity index (χ3n) is 3.89. The van der Waals surface area contributed by atoms with Crippen LogP contribution in [-0.2, 0) is 9.53 Å². The van der Waals surface area contributed by atoms with Gasteiger partial charge in [-0.05, 0) is 57.8 Å². The fourth-order valence-electron chi connectivity index (χ4n) is 2.32. The summed E-state index contributed by atoms with van der Waals surface area (Å²) in [4.78, 5) is 10.8. The number of aliphatic carboxylic acids is 1. The first kappa shape index (κ1) is 25.1. The fourth-order valence-corrected chi connectivity index (χ4v) is 2.32. The zero-order valence-corrected chi connectivity index (χ0v) is 17.2. The van der Waals surface area contributed by atoms with Gasteiger partial charge in [0.25, 0.3) is 0 Å². The maximum Gasteiger partial charge on any atom is 0.332 e. The fraction of sp³-hybridized carbons (Fsp3) is 0.542. The highest BCUT2D eigenvalue weighted by Gasteiger charge is 2.14. The number of carboxylic acid groups (broad SMARTS) is 1. The Morgan fingerprint density at radius 3 is 1.70 bits per heavy atom. The minimum absolute atomic E-state index is 0.518. The van der Waals surface area contributed by atoms with Gasteiger partial charge < -0.3 is 9.84 Å². The van der Waals surface area contributed by atoms with Crippen LogP contribution in [0.15, 0.2) is 60.8 Å². The van der Waals surface area contributed by atoms with E-state index in [0.717, 1.165) is 51.4 Å². The Bertz CT molecular complexity index is 484. The zero-order valence-electron chi connectivity index (χ0n) is 17.2. The van der Waals surface area contributed by atoms with Crippen molar-refractivity contribution >= 4 is 5.97 Å². The Kier molecular flexibility index (Phi) is 19.0. The minimum Gasteiger partial charge on any atom is -0.479 e. The zero-order chi connectivity index (χ0) is 20.0. The highest BCUT2D eigenvalue weighted by atomic mass is 16.5. The Morgan fingerprint density at radius 2 is 1.26 bits per heavy atom. The third kappa shape index (κ3) is 18.7. The van der Waals surface area contributed by atoms with E-state index in [-0.39, 0.29) is 0 Å². The van der Waals surface area contributed by atoms with Crippen molar-refractivity contribution in [2.45, 2.75) is 77.7 Å². The van der Waals surface area contributed by atoms with Crippen LogP contribution in [0.1, 0.15) is 71.6 Å². The summed E-state index contributed by atoms with van der Waals surface area (Å²) in [6.45, 7) is 4.50. The van der Waals surface area contributed by atoms with E-state index in [1.807, 2.05) is 6.92 Å². The van der Waals surface area contributed by atoms with Crippen LogP contribution in [0.5, 0.6) is 0 Å². The molecule has 0 aliphatic carbocycles. The van der Waals surface area contributed by atoms with Crippen LogP contribution in [0.4, 0.5) is 0 Å². The van der Waals surface area contributed by atoms with Crippen molar-refractivity contribution in [1.29, 1.82) is 0 Å². The van der Waals surface area contributed by atoms with E-state index in [1.54, 1.807) is 0 Å². The lowest BCUT2D eigenvalue weighted by molar-refractivity contribution is -0.150. The summed E-state index contributed by atoms with van der Waals surface area (Å²) < 4.78 is 5.33. The van der Waals surface area contributed by atoms with Crippen LogP contribution in [-0.4, -0.2) is 23.8 Å². The monoisotopic (exact) mass is 374 g/mol. The molecular weight excluding hydrogens is 336 g/mol. The van der Waals surface area contributed by atoms with Gasteiger partial charge in [-0.1, -0.05) is 74.6 Å². The smallest absolute Gasteiger partial charge is 0.332 e. The topological polar surface area (TPSA) is 46.5 Å². The van der Waals surface area contributed by atoms with Crippen LogP contribution in [0.2, 0.25) is 0 Å². The molecule has 0 radical (unpaired) electrons. The molecule has 0 rings (SSSR count). The molecule has 0 saturated carbocycles. The molecular formula is C24H38O3. The molecule has 0 aromatic heterocycles. The standard InChI is InChI=1S/C24H38O3/c1-3-5-6-7-8-9-10-11-12-13-14-15-16-17-18-19-20-21-22-27-23(4-2)24(25)26/h5-6,8-9,11-12,14-15,17-18,23H,3-4,7,10,13,16,19-22H2,1-2H3,(H,25,26)/b6-5+,9-8+,12-11+,15-14+,18-17+. The molecule has 0 aliphatic heterocycles. The number of carbonyl (C=O) groups is 1. The van der Waals surface area contributed by atoms with Gasteiger partial charge in [0.2, 0.25) is 0 Å². The molecule has 0 saturated heterocycles. The first-order chi connectivity index (χ1) is 13.2. The molecule has 0 bridgehead atoms. The van der Waals surface area contributed by atoms with Crippen LogP contribution >= 0.6 is 0 Å². The van der Waals surface area contributed by atoms with Crippen molar-refractivity contribution in [3.8, 4) is 0 Å². The van der Waals surface area contributed by atoms with Gasteiger partial charge in [0, 0.05) is 6.61 Å². The quantitative estimate of drug-likeness (QED) is 0.225. The average molecular weight is 375 g/mol. The molecule has 0 fully saturated rings. The van der Waals surface area contributed by atoms with Gasteiger partial charge >= 0.3 is 5.97 Å². The van der Waals surface area contributed by atoms with Crippen molar-refractivity contribution < 1.29 is 14.6 Å². The molecule has 3 nitrogen and oxygen atoms in total. The van der Waals surface area contributed by atoms with Gasteiger partial charge in [0.1, 0.15) is 0 Å². The largest absolute Gasteiger partial charge is 0.479 e. The molecule has 1 N–H and O–H groups in total. The number of hydrogen-bond acceptors (Lipinski definition) is 2. The van der Waals surface area contributed by atoms with Gasteiger partial charge in [-0.15, -0.1) is 0 Å². The number of ether oxygens (including phenoxy) is 1. The van der Waals surface area contributed by atoms with Crippen molar-refractivity contribution in [3.05, 3.63) is 60.8 Å². The van der Waals surface area contributed by atoms with E-state index < -0.39 is 12.1 Å². The number of unbranched alkanes of at least 4 members (excludes halogenated alkanes) is 2. The number of carboxylic acids is 1. The molecule has 0 amide bonds. The Morgan fingerprint density at radius 1 is 0.778 bits per heavy atom. The van der Waals surface area contributed by atoms with Crippen molar-refractivity contribution in [2.75, 3.05) is 6.61 Å². The van der Waals surface area contributed by atoms with E-state index in [9.17, 15) is 4.79 Å². The first-order valence-electron chi connectivity index (χ1n) is 10.3. The molecule has 27 heavy (non-hydrogen) atoms. The Labute approximate surface area is 166 Å². The lowest BCUT2D eigenvalue weighted by Crippen LogP contribution is -2.23. The Balaban J connectivity index is 3.51. The summed E-state index contributed by atoms with van der Waals surface area (Å²) in [7, 11) is 0. The summed E-state index contributed by atoms with van der Waals surface area (Å²) in [6, 6.07) is 0. The van der Waals surface area contributed by atoms with E-state index in [2.05, 4.69) is 67.7 Å². The number of allylic oxidation sites excluding steroid dienone is 10. The predicted molar refractivity (Wildman–Crippen MR) is 116 cm³/mol. The molecule has 0 aromatic carbocycles. The molecule has 1 atom stereocenters. The lowest BCUT2D eigenvalue weighted by atomic mass is 10.2. The first-order valence-corrected chi connectivity index (χ1v) is 10.3. The number of rotatable bonds is 17. The van der Waals surface area contributed by atoms with Crippen LogP contribution in [0.3, 0.4) is 0 Å². The molecule has 0 spiro atoms. The highest BCUT2D eigenvalue weighted by molar-refractivity contribution is 5.72. The average Bonchev–Trinajstić information content (AvgIpc) is 2.66. The second kappa shape index (κ2) is 20.4. The van der Waals surface area contributed by atoms with Gasteiger partial charge in [-0.3, -0.25) is 0 Å². The van der Waals surface area contributed by atoms with Crippen LogP contribution in [0, 0.1) is 0 Å². The van der Waals surface area contributed by atoms with E-state index in [0.29, 0.717) is 13.0 Å². The van der Waals surface area contributed by atoms with Crippen LogP contribution < -0.4 is 0 Å². The van der Waals surface area contributed by atoms with E-state index >= 15 is 0 Å². The molecule has 152 valence electrons. The SMILES string of the molecule is CC/C=C/C/C=C/C/C=C/C/C=C/C/C=C/CCCCOC(CC)C(=O)O. The summed E-state index contributed by atoms with van der Waals surface area (Å²) in [5.41, 5.74) is 0. The van der Waals surface area contributed by atoms with Crippen molar-refractivity contribution in [2.24, 2.45) is 0 Å². The second-order valence-corrected chi connectivity index (χ2v) is 6.31. The van der Waals surface area contributed by atoms with Crippen molar-refractivity contribution in [1.82, 2.24) is 0 Å². The maximum atomic E-state index is 10.8. The van der Waals surface area contributed by atoms with Crippen molar-refractivity contribution in [3.63, 3.8) is 0 Å². The minimum atomic E-state index is -0.865. The molecule has 3 heteroatoms. The molecule has 0 heterocycles.